The molecule has 0 heterocycles. The summed E-state index contributed by atoms with van der Waals surface area (Å²) in [6.45, 7) is 5.77. The van der Waals surface area contributed by atoms with E-state index in [1.54, 1.807) is 0 Å². The van der Waals surface area contributed by atoms with Crippen molar-refractivity contribution >= 4 is 0 Å². The topological polar surface area (TPSA) is 52.9 Å². The molecular weight excluding hydrogens is 194 g/mol. The number of hydrogen-bond acceptors (Lipinski definition) is 4. The van der Waals surface area contributed by atoms with Gasteiger partial charge in [0.1, 0.15) is 0 Å². The summed E-state index contributed by atoms with van der Waals surface area (Å²) in [6, 6.07) is 0.0790. The monoisotopic (exact) mass is 219 g/mol. The fraction of sp³-hybridized carbons (Fsp3) is 1.00. The van der Waals surface area contributed by atoms with Gasteiger partial charge in [-0.25, -0.2) is 0 Å². The van der Waals surface area contributed by atoms with Crippen LogP contribution in [-0.4, -0.2) is 60.7 Å². The lowest BCUT2D eigenvalue weighted by Gasteiger charge is -2.25. The smallest absolute Gasteiger partial charge is 0.0900 e. The summed E-state index contributed by atoms with van der Waals surface area (Å²) in [5, 5.41) is 18.5. The average molecular weight is 219 g/mol. The molecule has 0 aliphatic heterocycles. The standard InChI is InChI=1S/C11H25NO3/c1-4-5-6-15-9-11(14)7-12(3)10(2)8-13/h10-11,13-14H,4-9H2,1-3H3. The van der Waals surface area contributed by atoms with Crippen LogP contribution in [0.25, 0.3) is 0 Å². The van der Waals surface area contributed by atoms with Crippen LogP contribution < -0.4 is 0 Å². The highest BCUT2D eigenvalue weighted by atomic mass is 16.5. The van der Waals surface area contributed by atoms with Gasteiger partial charge in [0.15, 0.2) is 0 Å². The molecule has 4 nitrogen and oxygen atoms in total. The Hall–Kier alpha value is -0.160. The third-order valence-electron chi connectivity index (χ3n) is 2.47. The van der Waals surface area contributed by atoms with Gasteiger partial charge >= 0.3 is 0 Å². The quantitative estimate of drug-likeness (QED) is 0.554. The third-order valence-corrected chi connectivity index (χ3v) is 2.47. The fourth-order valence-corrected chi connectivity index (χ4v) is 1.17. The Morgan fingerprint density at radius 2 is 2.07 bits per heavy atom. The first-order chi connectivity index (χ1) is 7.11. The van der Waals surface area contributed by atoms with Crippen molar-refractivity contribution in [3.8, 4) is 0 Å². The lowest BCUT2D eigenvalue weighted by Crippen LogP contribution is -2.39. The van der Waals surface area contributed by atoms with Crippen molar-refractivity contribution in [1.82, 2.24) is 4.90 Å². The van der Waals surface area contributed by atoms with Gasteiger partial charge in [-0.3, -0.25) is 4.90 Å². The molecule has 0 fully saturated rings. The molecule has 4 heteroatoms. The molecule has 0 radical (unpaired) electrons. The zero-order valence-electron chi connectivity index (χ0n) is 10.1. The van der Waals surface area contributed by atoms with Crippen LogP contribution in [-0.2, 0) is 4.74 Å². The van der Waals surface area contributed by atoms with Crippen molar-refractivity contribution in [3.63, 3.8) is 0 Å². The molecular formula is C11H25NO3. The first-order valence-electron chi connectivity index (χ1n) is 5.68. The number of rotatable bonds is 9. The van der Waals surface area contributed by atoms with Gasteiger partial charge in [-0.05, 0) is 20.4 Å². The molecule has 0 amide bonds. The van der Waals surface area contributed by atoms with Gasteiger partial charge in [-0.2, -0.15) is 0 Å². The van der Waals surface area contributed by atoms with E-state index in [4.69, 9.17) is 9.84 Å². The van der Waals surface area contributed by atoms with Crippen LogP contribution in [0.4, 0.5) is 0 Å². The molecule has 15 heavy (non-hydrogen) atoms. The molecule has 0 aliphatic carbocycles. The molecule has 0 aliphatic rings. The summed E-state index contributed by atoms with van der Waals surface area (Å²) in [6.07, 6.45) is 1.67. The van der Waals surface area contributed by atoms with E-state index < -0.39 is 6.10 Å². The lowest BCUT2D eigenvalue weighted by atomic mass is 10.2. The van der Waals surface area contributed by atoms with E-state index in [0.29, 0.717) is 19.8 Å². The van der Waals surface area contributed by atoms with Crippen LogP contribution in [0.3, 0.4) is 0 Å². The maximum absolute atomic E-state index is 9.62. The molecule has 0 aromatic heterocycles. The lowest BCUT2D eigenvalue weighted by molar-refractivity contribution is 0.0101. The zero-order valence-corrected chi connectivity index (χ0v) is 10.1. The summed E-state index contributed by atoms with van der Waals surface area (Å²) >= 11 is 0. The van der Waals surface area contributed by atoms with E-state index in [-0.39, 0.29) is 12.6 Å². The molecule has 0 aromatic carbocycles. The molecule has 0 bridgehead atoms. The van der Waals surface area contributed by atoms with Crippen molar-refractivity contribution < 1.29 is 14.9 Å². The third kappa shape index (κ3) is 7.73. The van der Waals surface area contributed by atoms with E-state index in [0.717, 1.165) is 12.8 Å². The Morgan fingerprint density at radius 1 is 1.40 bits per heavy atom. The fourth-order valence-electron chi connectivity index (χ4n) is 1.17. The molecule has 0 saturated carbocycles. The van der Waals surface area contributed by atoms with E-state index in [9.17, 15) is 5.11 Å². The van der Waals surface area contributed by atoms with Crippen LogP contribution >= 0.6 is 0 Å². The highest BCUT2D eigenvalue weighted by Gasteiger charge is 2.12. The number of nitrogens with zero attached hydrogens (tertiary/aromatic N) is 1. The van der Waals surface area contributed by atoms with E-state index in [2.05, 4.69) is 6.92 Å². The number of aliphatic hydroxyl groups excluding tert-OH is 2. The Balaban J connectivity index is 3.50. The van der Waals surface area contributed by atoms with Crippen LogP contribution in [0.2, 0.25) is 0 Å². The summed E-state index contributed by atoms with van der Waals surface area (Å²) in [5.41, 5.74) is 0. The van der Waals surface area contributed by atoms with Crippen molar-refractivity contribution in [2.45, 2.75) is 38.8 Å². The van der Waals surface area contributed by atoms with Crippen LogP contribution in [0.1, 0.15) is 26.7 Å². The molecule has 0 saturated heterocycles. The Bertz CT molecular complexity index is 144. The number of unbranched alkanes of at least 4 members (excludes halogenated alkanes) is 1. The van der Waals surface area contributed by atoms with Crippen molar-refractivity contribution in [3.05, 3.63) is 0 Å². The van der Waals surface area contributed by atoms with E-state index in [1.165, 1.54) is 0 Å². The zero-order chi connectivity index (χ0) is 11.7. The second-order valence-electron chi connectivity index (χ2n) is 4.05. The second-order valence-corrected chi connectivity index (χ2v) is 4.05. The summed E-state index contributed by atoms with van der Waals surface area (Å²) < 4.78 is 5.31. The van der Waals surface area contributed by atoms with Gasteiger partial charge in [-0.1, -0.05) is 13.3 Å². The van der Waals surface area contributed by atoms with Gasteiger partial charge in [0.05, 0.1) is 19.3 Å². The van der Waals surface area contributed by atoms with E-state index >= 15 is 0 Å². The highest BCUT2D eigenvalue weighted by molar-refractivity contribution is 4.66. The van der Waals surface area contributed by atoms with Gasteiger partial charge in [0.25, 0.3) is 0 Å². The van der Waals surface area contributed by atoms with E-state index in [1.807, 2.05) is 18.9 Å². The van der Waals surface area contributed by atoms with Crippen LogP contribution in [0.5, 0.6) is 0 Å². The molecule has 0 spiro atoms. The Labute approximate surface area is 92.9 Å². The number of aliphatic hydroxyl groups is 2. The number of ether oxygens (including phenoxy) is 1. The summed E-state index contributed by atoms with van der Waals surface area (Å²) in [7, 11) is 1.89. The van der Waals surface area contributed by atoms with Gasteiger partial charge in [0, 0.05) is 19.2 Å². The SMILES string of the molecule is CCCCOCC(O)CN(C)C(C)CO. The molecule has 92 valence electrons. The van der Waals surface area contributed by atoms with Crippen molar-refractivity contribution in [1.29, 1.82) is 0 Å². The normalized spacial score (nSPS) is 15.6. The van der Waals surface area contributed by atoms with Crippen molar-refractivity contribution in [2.24, 2.45) is 0 Å². The Kier molecular flexibility index (Phi) is 9.00. The molecule has 0 rings (SSSR count). The van der Waals surface area contributed by atoms with Gasteiger partial charge in [-0.15, -0.1) is 0 Å². The minimum Gasteiger partial charge on any atom is -0.395 e. The molecule has 0 aromatic rings. The first-order valence-corrected chi connectivity index (χ1v) is 5.68. The first kappa shape index (κ1) is 14.8. The largest absolute Gasteiger partial charge is 0.395 e. The maximum Gasteiger partial charge on any atom is 0.0900 e. The predicted molar refractivity (Wildman–Crippen MR) is 60.9 cm³/mol. The average Bonchev–Trinajstić information content (AvgIpc) is 2.23. The second kappa shape index (κ2) is 9.09. The minimum atomic E-state index is -0.471. The highest BCUT2D eigenvalue weighted by Crippen LogP contribution is 1.98. The van der Waals surface area contributed by atoms with Crippen LogP contribution in [0, 0.1) is 0 Å². The molecule has 2 atom stereocenters. The maximum atomic E-state index is 9.62. The van der Waals surface area contributed by atoms with Gasteiger partial charge in [0.2, 0.25) is 0 Å². The molecule has 2 N–H and O–H groups in total. The number of hydrogen-bond donors (Lipinski definition) is 2. The minimum absolute atomic E-state index is 0.0790. The Morgan fingerprint density at radius 3 is 2.60 bits per heavy atom. The number of likely N-dealkylation sites (N-methyl/N-ethyl adjacent to an activating group) is 1. The molecule has 2 unspecified atom stereocenters. The van der Waals surface area contributed by atoms with Crippen molar-refractivity contribution in [2.75, 3.05) is 33.4 Å². The summed E-state index contributed by atoms with van der Waals surface area (Å²) in [5.74, 6) is 0. The predicted octanol–water partition coefficient (Wildman–Crippen LogP) is 0.477. The summed E-state index contributed by atoms with van der Waals surface area (Å²) in [4.78, 5) is 1.92. The van der Waals surface area contributed by atoms with Gasteiger partial charge < -0.3 is 14.9 Å². The van der Waals surface area contributed by atoms with Crippen LogP contribution in [0.15, 0.2) is 0 Å².